The summed E-state index contributed by atoms with van der Waals surface area (Å²) in [5.41, 5.74) is 3.53. The number of pyridine rings is 1. The summed E-state index contributed by atoms with van der Waals surface area (Å²) in [6.45, 7) is 2.22. The Balaban J connectivity index is 1.82. The molecule has 0 saturated heterocycles. The van der Waals surface area contributed by atoms with Crippen LogP contribution in [0.4, 0.5) is 5.69 Å². The largest absolute Gasteiger partial charge is 0.380 e. The van der Waals surface area contributed by atoms with Gasteiger partial charge in [0.2, 0.25) is 0 Å². The second kappa shape index (κ2) is 6.40. The summed E-state index contributed by atoms with van der Waals surface area (Å²) in [7, 11) is 0. The molecule has 0 spiro atoms. The molecule has 3 aromatic rings. The zero-order valence-electron chi connectivity index (χ0n) is 12.3. The molecule has 1 unspecified atom stereocenters. The Morgan fingerprint density at radius 1 is 0.952 bits per heavy atom. The lowest BCUT2D eigenvalue weighted by Gasteiger charge is -2.19. The van der Waals surface area contributed by atoms with Gasteiger partial charge in [-0.3, -0.25) is 4.98 Å². The molecule has 0 amide bonds. The third kappa shape index (κ3) is 3.22. The maximum atomic E-state index is 4.51. The summed E-state index contributed by atoms with van der Waals surface area (Å²) in [6.07, 6.45) is 3.96. The highest BCUT2D eigenvalue weighted by atomic mass is 14.9. The monoisotopic (exact) mass is 276 g/mol. The minimum Gasteiger partial charge on any atom is -0.380 e. The van der Waals surface area contributed by atoms with E-state index in [9.17, 15) is 0 Å². The first-order valence-corrected chi connectivity index (χ1v) is 7.51. The lowest BCUT2D eigenvalue weighted by molar-refractivity contribution is 0.691. The molecule has 2 nitrogen and oxygen atoms in total. The number of hydrogen-bond acceptors (Lipinski definition) is 2. The zero-order valence-corrected chi connectivity index (χ0v) is 12.3. The summed E-state index contributed by atoms with van der Waals surface area (Å²) in [4.78, 5) is 4.51. The smallest absolute Gasteiger partial charge is 0.0933 e. The number of benzene rings is 2. The Labute approximate surface area is 125 Å². The van der Waals surface area contributed by atoms with E-state index in [-0.39, 0.29) is 0 Å². The predicted octanol–water partition coefficient (Wildman–Crippen LogP) is 4.67. The summed E-state index contributed by atoms with van der Waals surface area (Å²) in [5, 5.41) is 4.84. The second-order valence-corrected chi connectivity index (χ2v) is 5.32. The summed E-state index contributed by atoms with van der Waals surface area (Å²) in [5.74, 6) is 0. The average Bonchev–Trinajstić information content (AvgIpc) is 2.55. The third-order valence-electron chi connectivity index (χ3n) is 3.81. The van der Waals surface area contributed by atoms with Gasteiger partial charge in [-0.1, -0.05) is 55.5 Å². The van der Waals surface area contributed by atoms with Crippen LogP contribution in [0.2, 0.25) is 0 Å². The molecule has 1 heterocycles. The first-order chi connectivity index (χ1) is 10.4. The van der Waals surface area contributed by atoms with Gasteiger partial charge in [-0.15, -0.1) is 0 Å². The third-order valence-corrected chi connectivity index (χ3v) is 3.81. The lowest BCUT2D eigenvalue weighted by atomic mass is 10.0. The van der Waals surface area contributed by atoms with E-state index < -0.39 is 0 Å². The van der Waals surface area contributed by atoms with Crippen LogP contribution in [-0.4, -0.2) is 11.0 Å². The number of nitrogens with one attached hydrogen (secondary N) is 1. The first kappa shape index (κ1) is 13.6. The van der Waals surface area contributed by atoms with Crippen LogP contribution < -0.4 is 5.32 Å². The van der Waals surface area contributed by atoms with E-state index >= 15 is 0 Å². The topological polar surface area (TPSA) is 24.9 Å². The number of anilines is 1. The first-order valence-electron chi connectivity index (χ1n) is 7.51. The number of fused-ring (bicyclic) bond motifs is 1. The normalized spacial score (nSPS) is 12.2. The highest BCUT2D eigenvalue weighted by molar-refractivity contribution is 5.90. The van der Waals surface area contributed by atoms with Crippen molar-refractivity contribution in [3.05, 3.63) is 72.4 Å². The Bertz CT molecular complexity index is 702. The molecule has 0 aliphatic rings. The molecule has 0 fully saturated rings. The van der Waals surface area contributed by atoms with E-state index in [1.54, 1.807) is 0 Å². The Kier molecular flexibility index (Phi) is 4.15. The molecule has 1 N–H and O–H groups in total. The van der Waals surface area contributed by atoms with E-state index in [1.165, 1.54) is 10.9 Å². The fourth-order valence-corrected chi connectivity index (χ4v) is 2.64. The molecule has 21 heavy (non-hydrogen) atoms. The number of para-hydroxylation sites is 1. The number of hydrogen-bond donors (Lipinski definition) is 1. The Hall–Kier alpha value is -2.35. The van der Waals surface area contributed by atoms with Crippen molar-refractivity contribution in [1.29, 1.82) is 0 Å². The molecule has 0 radical (unpaired) electrons. The molecule has 3 rings (SSSR count). The molecular formula is C19H20N2. The quantitative estimate of drug-likeness (QED) is 0.732. The van der Waals surface area contributed by atoms with Crippen LogP contribution in [0.3, 0.4) is 0 Å². The molecule has 0 aliphatic heterocycles. The maximum absolute atomic E-state index is 4.51. The van der Waals surface area contributed by atoms with Gasteiger partial charge in [0, 0.05) is 17.6 Å². The van der Waals surface area contributed by atoms with Crippen LogP contribution in [-0.2, 0) is 6.42 Å². The number of nitrogens with zero attached hydrogens (tertiary/aromatic N) is 1. The summed E-state index contributed by atoms with van der Waals surface area (Å²) >= 11 is 0. The van der Waals surface area contributed by atoms with Gasteiger partial charge in [0.05, 0.1) is 11.2 Å². The number of rotatable bonds is 5. The molecule has 0 aliphatic carbocycles. The van der Waals surface area contributed by atoms with Crippen molar-refractivity contribution in [1.82, 2.24) is 4.98 Å². The van der Waals surface area contributed by atoms with E-state index in [1.807, 2.05) is 12.3 Å². The van der Waals surface area contributed by atoms with Crippen LogP contribution in [0.1, 0.15) is 18.9 Å². The maximum Gasteiger partial charge on any atom is 0.0933 e. The van der Waals surface area contributed by atoms with Gasteiger partial charge < -0.3 is 5.32 Å². The summed E-state index contributed by atoms with van der Waals surface area (Å²) in [6, 6.07) is 21.4. The van der Waals surface area contributed by atoms with Crippen molar-refractivity contribution in [2.45, 2.75) is 25.8 Å². The van der Waals surface area contributed by atoms with E-state index in [4.69, 9.17) is 0 Å². The Morgan fingerprint density at radius 3 is 2.57 bits per heavy atom. The molecule has 0 bridgehead atoms. The van der Waals surface area contributed by atoms with Crippen LogP contribution in [0.5, 0.6) is 0 Å². The van der Waals surface area contributed by atoms with Gasteiger partial charge in [0.15, 0.2) is 0 Å². The van der Waals surface area contributed by atoms with Crippen molar-refractivity contribution in [3.63, 3.8) is 0 Å². The van der Waals surface area contributed by atoms with Gasteiger partial charge in [-0.05, 0) is 30.5 Å². The summed E-state index contributed by atoms with van der Waals surface area (Å²) < 4.78 is 0. The average molecular weight is 276 g/mol. The van der Waals surface area contributed by atoms with Crippen LogP contribution in [0.25, 0.3) is 10.9 Å². The minimum absolute atomic E-state index is 0.417. The SMILES string of the molecule is CCC(Cc1ccccc1)Nc1cccc2cccnc12. The second-order valence-electron chi connectivity index (χ2n) is 5.32. The predicted molar refractivity (Wildman–Crippen MR) is 89.6 cm³/mol. The molecular weight excluding hydrogens is 256 g/mol. The Morgan fingerprint density at radius 2 is 1.76 bits per heavy atom. The minimum atomic E-state index is 0.417. The van der Waals surface area contributed by atoms with Crippen molar-refractivity contribution in [2.24, 2.45) is 0 Å². The van der Waals surface area contributed by atoms with Gasteiger partial charge in [0.25, 0.3) is 0 Å². The molecule has 2 heteroatoms. The van der Waals surface area contributed by atoms with Crippen molar-refractivity contribution in [2.75, 3.05) is 5.32 Å². The lowest BCUT2D eigenvalue weighted by Crippen LogP contribution is -2.21. The molecule has 1 atom stereocenters. The standard InChI is InChI=1S/C19H20N2/c1-2-17(14-15-8-4-3-5-9-15)21-18-12-6-10-16-11-7-13-20-19(16)18/h3-13,17,21H,2,14H2,1H3. The van der Waals surface area contributed by atoms with Crippen molar-refractivity contribution >= 4 is 16.6 Å². The highest BCUT2D eigenvalue weighted by Crippen LogP contribution is 2.22. The number of aromatic nitrogens is 1. The zero-order chi connectivity index (χ0) is 14.5. The molecule has 0 saturated carbocycles. The molecule has 106 valence electrons. The van der Waals surface area contributed by atoms with E-state index in [0.29, 0.717) is 6.04 Å². The fraction of sp³-hybridized carbons (Fsp3) is 0.211. The van der Waals surface area contributed by atoms with Crippen LogP contribution in [0.15, 0.2) is 66.9 Å². The molecule has 2 aromatic carbocycles. The van der Waals surface area contributed by atoms with Crippen molar-refractivity contribution < 1.29 is 0 Å². The highest BCUT2D eigenvalue weighted by Gasteiger charge is 2.09. The van der Waals surface area contributed by atoms with Gasteiger partial charge in [-0.2, -0.15) is 0 Å². The van der Waals surface area contributed by atoms with Crippen LogP contribution >= 0.6 is 0 Å². The van der Waals surface area contributed by atoms with Gasteiger partial charge in [-0.25, -0.2) is 0 Å². The van der Waals surface area contributed by atoms with E-state index in [0.717, 1.165) is 24.0 Å². The van der Waals surface area contributed by atoms with Gasteiger partial charge >= 0.3 is 0 Å². The fourth-order valence-electron chi connectivity index (χ4n) is 2.64. The van der Waals surface area contributed by atoms with Crippen molar-refractivity contribution in [3.8, 4) is 0 Å². The van der Waals surface area contributed by atoms with E-state index in [2.05, 4.69) is 71.8 Å². The molecule has 1 aromatic heterocycles. The van der Waals surface area contributed by atoms with Gasteiger partial charge in [0.1, 0.15) is 0 Å². The van der Waals surface area contributed by atoms with Crippen LogP contribution in [0, 0.1) is 0 Å².